The molecule has 0 radical (unpaired) electrons. The molecule has 2 heterocycles. The van der Waals surface area contributed by atoms with Crippen LogP contribution in [-0.4, -0.2) is 28.8 Å². The van der Waals surface area contributed by atoms with Gasteiger partial charge in [-0.25, -0.2) is 0 Å². The zero-order valence-electron chi connectivity index (χ0n) is 12.4. The monoisotopic (exact) mass is 278 g/mol. The van der Waals surface area contributed by atoms with Crippen molar-refractivity contribution < 1.29 is 14.0 Å². The van der Waals surface area contributed by atoms with Crippen molar-refractivity contribution in [1.82, 2.24) is 10.2 Å². The first-order valence-electron chi connectivity index (χ1n) is 7.05. The van der Waals surface area contributed by atoms with Gasteiger partial charge in [-0.2, -0.15) is 0 Å². The Labute approximate surface area is 119 Å². The van der Waals surface area contributed by atoms with Crippen molar-refractivity contribution in [3.8, 4) is 0 Å². The lowest BCUT2D eigenvalue weighted by Crippen LogP contribution is -2.65. The van der Waals surface area contributed by atoms with E-state index in [-0.39, 0.29) is 23.7 Å². The van der Waals surface area contributed by atoms with Crippen LogP contribution in [0.5, 0.6) is 0 Å². The summed E-state index contributed by atoms with van der Waals surface area (Å²) in [6.07, 6.45) is 1.58. The molecule has 0 aliphatic carbocycles. The van der Waals surface area contributed by atoms with E-state index in [0.717, 1.165) is 0 Å². The maximum atomic E-state index is 12.6. The summed E-state index contributed by atoms with van der Waals surface area (Å²) >= 11 is 0. The Bertz CT molecular complexity index is 479. The first kappa shape index (κ1) is 14.6. The molecule has 5 heteroatoms. The largest absolute Gasteiger partial charge is 0.467 e. The summed E-state index contributed by atoms with van der Waals surface area (Å²) in [5, 5.41) is 2.85. The van der Waals surface area contributed by atoms with Crippen LogP contribution in [0.4, 0.5) is 0 Å². The van der Waals surface area contributed by atoms with E-state index in [9.17, 15) is 9.59 Å². The number of hydrogen-bond donors (Lipinski definition) is 1. The van der Waals surface area contributed by atoms with Crippen LogP contribution in [0.15, 0.2) is 22.8 Å². The molecule has 0 saturated carbocycles. The van der Waals surface area contributed by atoms with Crippen LogP contribution in [0, 0.1) is 11.8 Å². The van der Waals surface area contributed by atoms with Gasteiger partial charge in [-0.3, -0.25) is 9.59 Å². The average molecular weight is 278 g/mol. The summed E-state index contributed by atoms with van der Waals surface area (Å²) in [6, 6.07) is 2.71. The van der Waals surface area contributed by atoms with E-state index in [0.29, 0.717) is 12.3 Å². The summed E-state index contributed by atoms with van der Waals surface area (Å²) in [6.45, 7) is 8.10. The molecule has 5 nitrogen and oxygen atoms in total. The van der Waals surface area contributed by atoms with Crippen LogP contribution < -0.4 is 5.32 Å². The molecule has 1 aromatic rings. The Morgan fingerprint density at radius 3 is 2.45 bits per heavy atom. The van der Waals surface area contributed by atoms with Crippen LogP contribution in [0.25, 0.3) is 0 Å². The van der Waals surface area contributed by atoms with E-state index in [1.54, 1.807) is 17.2 Å². The summed E-state index contributed by atoms with van der Waals surface area (Å²) in [5.74, 6) is 0.710. The van der Waals surface area contributed by atoms with Gasteiger partial charge < -0.3 is 14.6 Å². The fourth-order valence-electron chi connectivity index (χ4n) is 2.62. The molecule has 1 N–H and O–H groups in total. The smallest absolute Gasteiger partial charge is 0.246 e. The molecule has 1 aromatic heterocycles. The van der Waals surface area contributed by atoms with E-state index < -0.39 is 12.1 Å². The summed E-state index contributed by atoms with van der Waals surface area (Å²) in [4.78, 5) is 26.6. The fourth-order valence-corrected chi connectivity index (χ4v) is 2.62. The van der Waals surface area contributed by atoms with Crippen molar-refractivity contribution in [1.29, 1.82) is 0 Å². The van der Waals surface area contributed by atoms with Crippen LogP contribution in [-0.2, 0) is 16.1 Å². The second kappa shape index (κ2) is 5.69. The number of nitrogens with zero attached hydrogens (tertiary/aromatic N) is 1. The molecule has 0 spiro atoms. The molecule has 1 saturated heterocycles. The van der Waals surface area contributed by atoms with E-state index in [1.165, 1.54) is 0 Å². The predicted molar refractivity (Wildman–Crippen MR) is 74.7 cm³/mol. The quantitative estimate of drug-likeness (QED) is 0.913. The van der Waals surface area contributed by atoms with Crippen LogP contribution in [0.1, 0.15) is 33.5 Å². The third kappa shape index (κ3) is 2.71. The molecular formula is C15H22N2O3. The average Bonchev–Trinajstić information content (AvgIpc) is 2.85. The number of carbonyl (C=O) groups is 2. The van der Waals surface area contributed by atoms with Gasteiger partial charge in [-0.15, -0.1) is 0 Å². The lowest BCUT2D eigenvalue weighted by molar-refractivity contribution is -0.153. The highest BCUT2D eigenvalue weighted by molar-refractivity contribution is 5.97. The van der Waals surface area contributed by atoms with E-state index in [2.05, 4.69) is 5.32 Å². The second-order valence-electron chi connectivity index (χ2n) is 5.96. The summed E-state index contributed by atoms with van der Waals surface area (Å²) in [7, 11) is 0. The van der Waals surface area contributed by atoms with E-state index >= 15 is 0 Å². The minimum atomic E-state index is -0.451. The normalized spacial score (nSPS) is 23.6. The SMILES string of the molecule is CC(C)C1NC(=O)C(C(C)C)N(Cc2ccco2)C1=O. The highest BCUT2D eigenvalue weighted by Gasteiger charge is 2.43. The van der Waals surface area contributed by atoms with Gasteiger partial charge in [0.05, 0.1) is 12.8 Å². The minimum absolute atomic E-state index is 0.0327. The topological polar surface area (TPSA) is 62.6 Å². The number of nitrogens with one attached hydrogen (secondary N) is 1. The lowest BCUT2D eigenvalue weighted by atomic mass is 9.93. The zero-order valence-corrected chi connectivity index (χ0v) is 12.4. The van der Waals surface area contributed by atoms with Gasteiger partial charge in [0.2, 0.25) is 11.8 Å². The van der Waals surface area contributed by atoms with Crippen LogP contribution in [0.3, 0.4) is 0 Å². The van der Waals surface area contributed by atoms with Crippen molar-refractivity contribution in [3.63, 3.8) is 0 Å². The number of furan rings is 1. The molecule has 2 unspecified atom stereocenters. The van der Waals surface area contributed by atoms with Crippen molar-refractivity contribution in [2.45, 2.75) is 46.3 Å². The van der Waals surface area contributed by atoms with Gasteiger partial charge in [0.25, 0.3) is 0 Å². The van der Waals surface area contributed by atoms with Crippen LogP contribution >= 0.6 is 0 Å². The number of hydrogen-bond acceptors (Lipinski definition) is 3. The molecule has 2 amide bonds. The van der Waals surface area contributed by atoms with Gasteiger partial charge in [0, 0.05) is 0 Å². The second-order valence-corrected chi connectivity index (χ2v) is 5.96. The molecule has 1 aliphatic heterocycles. The molecule has 2 atom stereocenters. The molecule has 1 fully saturated rings. The molecule has 2 rings (SSSR count). The first-order valence-corrected chi connectivity index (χ1v) is 7.05. The third-order valence-electron chi connectivity index (χ3n) is 3.66. The molecular weight excluding hydrogens is 256 g/mol. The van der Waals surface area contributed by atoms with Crippen LogP contribution in [0.2, 0.25) is 0 Å². The Morgan fingerprint density at radius 1 is 1.25 bits per heavy atom. The third-order valence-corrected chi connectivity index (χ3v) is 3.66. The molecule has 0 aromatic carbocycles. The van der Waals surface area contributed by atoms with E-state index in [4.69, 9.17) is 4.42 Å². The first-order chi connectivity index (χ1) is 9.41. The Morgan fingerprint density at radius 2 is 1.95 bits per heavy atom. The molecule has 20 heavy (non-hydrogen) atoms. The van der Waals surface area contributed by atoms with Gasteiger partial charge in [0.1, 0.15) is 17.8 Å². The van der Waals surface area contributed by atoms with Gasteiger partial charge in [-0.05, 0) is 24.0 Å². The highest BCUT2D eigenvalue weighted by atomic mass is 16.3. The lowest BCUT2D eigenvalue weighted by Gasteiger charge is -2.41. The van der Waals surface area contributed by atoms with Crippen molar-refractivity contribution in [2.75, 3.05) is 0 Å². The zero-order chi connectivity index (χ0) is 14.9. The summed E-state index contributed by atoms with van der Waals surface area (Å²) in [5.41, 5.74) is 0. The molecule has 110 valence electrons. The maximum Gasteiger partial charge on any atom is 0.246 e. The van der Waals surface area contributed by atoms with Gasteiger partial charge in [0.15, 0.2) is 0 Å². The van der Waals surface area contributed by atoms with Gasteiger partial charge >= 0.3 is 0 Å². The Balaban J connectivity index is 2.28. The Hall–Kier alpha value is -1.78. The minimum Gasteiger partial charge on any atom is -0.467 e. The Kier molecular flexibility index (Phi) is 4.16. The highest BCUT2D eigenvalue weighted by Crippen LogP contribution is 2.23. The van der Waals surface area contributed by atoms with Gasteiger partial charge in [-0.1, -0.05) is 27.7 Å². The number of carbonyl (C=O) groups excluding carboxylic acids is 2. The number of rotatable bonds is 4. The molecule has 1 aliphatic rings. The maximum absolute atomic E-state index is 12.6. The van der Waals surface area contributed by atoms with Crippen molar-refractivity contribution in [2.24, 2.45) is 11.8 Å². The summed E-state index contributed by atoms with van der Waals surface area (Å²) < 4.78 is 5.32. The number of amides is 2. The van der Waals surface area contributed by atoms with E-state index in [1.807, 2.05) is 33.8 Å². The molecule has 0 bridgehead atoms. The standard InChI is InChI=1S/C15H22N2O3/c1-9(2)12-15(19)17(8-11-6-5-7-20-11)13(10(3)4)14(18)16-12/h5-7,9-10,12-13H,8H2,1-4H3,(H,16,18). The van der Waals surface area contributed by atoms with Crippen molar-refractivity contribution >= 4 is 11.8 Å². The van der Waals surface area contributed by atoms with Crippen molar-refractivity contribution in [3.05, 3.63) is 24.2 Å². The fraction of sp³-hybridized carbons (Fsp3) is 0.600. The predicted octanol–water partition coefficient (Wildman–Crippen LogP) is 1.79. The number of piperazine rings is 1.